The van der Waals surface area contributed by atoms with Crippen LogP contribution in [-0.2, 0) is 4.79 Å². The Kier molecular flexibility index (Phi) is 7.52. The van der Waals surface area contributed by atoms with Gasteiger partial charge < -0.3 is 20.1 Å². The van der Waals surface area contributed by atoms with E-state index in [1.807, 2.05) is 0 Å². The third-order valence-corrected chi connectivity index (χ3v) is 4.78. The van der Waals surface area contributed by atoms with Gasteiger partial charge in [0.15, 0.2) is 0 Å². The maximum atomic E-state index is 12.3. The summed E-state index contributed by atoms with van der Waals surface area (Å²) in [5.41, 5.74) is 0.661. The predicted molar refractivity (Wildman–Crippen MR) is 101 cm³/mol. The number of rotatable bonds is 9. The molecule has 6 nitrogen and oxygen atoms in total. The van der Waals surface area contributed by atoms with Crippen LogP contribution >= 0.6 is 0 Å². The van der Waals surface area contributed by atoms with Gasteiger partial charge >= 0.3 is 0 Å². The number of carbonyl (C=O) groups is 1. The topological polar surface area (TPSA) is 62.8 Å². The third kappa shape index (κ3) is 5.61. The molecular weight excluding hydrogens is 318 g/mol. The Morgan fingerprint density at radius 1 is 1.36 bits per heavy atom. The number of anilines is 1. The Labute approximate surface area is 150 Å². The first-order valence-electron chi connectivity index (χ1n) is 9.06. The van der Waals surface area contributed by atoms with E-state index in [0.717, 1.165) is 13.1 Å². The number of likely N-dealkylation sites (tertiary alicyclic amines) is 1. The average Bonchev–Trinajstić information content (AvgIpc) is 3.07. The molecule has 1 saturated heterocycles. The highest BCUT2D eigenvalue weighted by atomic mass is 16.5. The van der Waals surface area contributed by atoms with Crippen molar-refractivity contribution in [2.45, 2.75) is 45.2 Å². The molecule has 25 heavy (non-hydrogen) atoms. The number of amides is 1. The van der Waals surface area contributed by atoms with E-state index in [1.54, 1.807) is 32.4 Å². The van der Waals surface area contributed by atoms with Gasteiger partial charge in [-0.05, 0) is 45.0 Å². The van der Waals surface area contributed by atoms with Gasteiger partial charge in [-0.25, -0.2) is 0 Å². The van der Waals surface area contributed by atoms with E-state index in [-0.39, 0.29) is 11.9 Å². The molecule has 0 spiro atoms. The van der Waals surface area contributed by atoms with Gasteiger partial charge in [-0.15, -0.1) is 0 Å². The molecule has 1 aromatic rings. The summed E-state index contributed by atoms with van der Waals surface area (Å²) in [6.45, 7) is 7.48. The molecule has 1 aliphatic heterocycles. The number of likely N-dealkylation sites (N-methyl/N-ethyl adjacent to an activating group) is 1. The smallest absolute Gasteiger partial charge is 0.226 e. The van der Waals surface area contributed by atoms with Crippen molar-refractivity contribution < 1.29 is 14.3 Å². The molecule has 2 rings (SSSR count). The number of carbonyl (C=O) groups excluding carboxylic acids is 1. The van der Waals surface area contributed by atoms with E-state index in [9.17, 15) is 4.79 Å². The number of benzene rings is 1. The van der Waals surface area contributed by atoms with E-state index < -0.39 is 0 Å². The molecular formula is C19H31N3O3. The van der Waals surface area contributed by atoms with Crippen LogP contribution in [0, 0.1) is 0 Å². The third-order valence-electron chi connectivity index (χ3n) is 4.78. The lowest BCUT2D eigenvalue weighted by molar-refractivity contribution is -0.116. The summed E-state index contributed by atoms with van der Waals surface area (Å²) in [7, 11) is 3.18. The summed E-state index contributed by atoms with van der Waals surface area (Å²) in [6.07, 6.45) is 2.93. The average molecular weight is 349 g/mol. The largest absolute Gasteiger partial charge is 0.497 e. The van der Waals surface area contributed by atoms with Crippen LogP contribution in [0.4, 0.5) is 5.69 Å². The SMILES string of the molecule is CCN1CCCC1CNC(C)CC(=O)Nc1ccc(OC)cc1OC. The highest BCUT2D eigenvalue weighted by Gasteiger charge is 2.23. The number of methoxy groups -OCH3 is 2. The molecule has 2 N–H and O–H groups in total. The molecule has 2 atom stereocenters. The number of hydrogen-bond acceptors (Lipinski definition) is 5. The Balaban J connectivity index is 1.81. The second-order valence-corrected chi connectivity index (χ2v) is 6.55. The Morgan fingerprint density at radius 3 is 2.84 bits per heavy atom. The molecule has 1 amide bonds. The molecule has 140 valence electrons. The first-order chi connectivity index (χ1) is 12.1. The molecule has 6 heteroatoms. The number of nitrogens with zero attached hydrogens (tertiary/aromatic N) is 1. The van der Waals surface area contributed by atoms with Gasteiger partial charge in [-0.3, -0.25) is 9.69 Å². The van der Waals surface area contributed by atoms with Crippen molar-refractivity contribution in [3.8, 4) is 11.5 Å². The molecule has 2 unspecified atom stereocenters. The van der Waals surface area contributed by atoms with Crippen molar-refractivity contribution in [1.29, 1.82) is 0 Å². The molecule has 0 radical (unpaired) electrons. The highest BCUT2D eigenvalue weighted by Crippen LogP contribution is 2.29. The minimum Gasteiger partial charge on any atom is -0.497 e. The summed E-state index contributed by atoms with van der Waals surface area (Å²) in [4.78, 5) is 14.8. The van der Waals surface area contributed by atoms with Crippen LogP contribution < -0.4 is 20.1 Å². The van der Waals surface area contributed by atoms with Crippen LogP contribution in [0.25, 0.3) is 0 Å². The van der Waals surface area contributed by atoms with Crippen LogP contribution in [0.1, 0.15) is 33.1 Å². The Morgan fingerprint density at radius 2 is 2.16 bits per heavy atom. The molecule has 0 saturated carbocycles. The summed E-state index contributed by atoms with van der Waals surface area (Å²) in [5.74, 6) is 1.27. The van der Waals surface area contributed by atoms with Crippen molar-refractivity contribution >= 4 is 11.6 Å². The zero-order valence-electron chi connectivity index (χ0n) is 15.8. The highest BCUT2D eigenvalue weighted by molar-refractivity contribution is 5.92. The fourth-order valence-corrected chi connectivity index (χ4v) is 3.33. The lowest BCUT2D eigenvalue weighted by Crippen LogP contribution is -2.41. The van der Waals surface area contributed by atoms with E-state index >= 15 is 0 Å². The monoisotopic (exact) mass is 349 g/mol. The van der Waals surface area contributed by atoms with Crippen LogP contribution in [0.5, 0.6) is 11.5 Å². The van der Waals surface area contributed by atoms with Gasteiger partial charge in [0.2, 0.25) is 5.91 Å². The lowest BCUT2D eigenvalue weighted by Gasteiger charge is -2.25. The first-order valence-corrected chi connectivity index (χ1v) is 9.06. The Bertz CT molecular complexity index is 565. The molecule has 1 aromatic carbocycles. The fraction of sp³-hybridized carbons (Fsp3) is 0.632. The first kappa shape index (κ1) is 19.5. The van der Waals surface area contributed by atoms with Gasteiger partial charge in [0, 0.05) is 31.1 Å². The van der Waals surface area contributed by atoms with E-state index in [2.05, 4.69) is 29.4 Å². The number of nitrogens with one attached hydrogen (secondary N) is 2. The fourth-order valence-electron chi connectivity index (χ4n) is 3.33. The van der Waals surface area contributed by atoms with Gasteiger partial charge in [-0.1, -0.05) is 6.92 Å². The van der Waals surface area contributed by atoms with E-state index in [1.165, 1.54) is 19.4 Å². The van der Waals surface area contributed by atoms with Crippen molar-refractivity contribution in [2.75, 3.05) is 39.2 Å². The van der Waals surface area contributed by atoms with Crippen LogP contribution in [0.3, 0.4) is 0 Å². The van der Waals surface area contributed by atoms with Gasteiger partial charge in [-0.2, -0.15) is 0 Å². The summed E-state index contributed by atoms with van der Waals surface area (Å²) < 4.78 is 10.5. The van der Waals surface area contributed by atoms with Crippen molar-refractivity contribution in [1.82, 2.24) is 10.2 Å². The van der Waals surface area contributed by atoms with Gasteiger partial charge in [0.05, 0.1) is 19.9 Å². The lowest BCUT2D eigenvalue weighted by atomic mass is 10.1. The summed E-state index contributed by atoms with van der Waals surface area (Å²) in [6, 6.07) is 6.09. The van der Waals surface area contributed by atoms with Crippen molar-refractivity contribution in [2.24, 2.45) is 0 Å². The minimum atomic E-state index is -0.0257. The standard InChI is InChI=1S/C19H31N3O3/c1-5-22-10-6-7-15(22)13-20-14(2)11-19(23)21-17-9-8-16(24-3)12-18(17)25-4/h8-9,12,14-15,20H,5-7,10-11,13H2,1-4H3,(H,21,23). The predicted octanol–water partition coefficient (Wildman–Crippen LogP) is 2.49. The van der Waals surface area contributed by atoms with Crippen LogP contribution in [0.15, 0.2) is 18.2 Å². The molecule has 0 aromatic heterocycles. The molecule has 0 aliphatic carbocycles. The van der Waals surface area contributed by atoms with Crippen molar-refractivity contribution in [3.05, 3.63) is 18.2 Å². The maximum absolute atomic E-state index is 12.3. The quantitative estimate of drug-likeness (QED) is 0.717. The summed E-state index contributed by atoms with van der Waals surface area (Å²) >= 11 is 0. The molecule has 1 heterocycles. The second kappa shape index (κ2) is 9.63. The van der Waals surface area contributed by atoms with Crippen molar-refractivity contribution in [3.63, 3.8) is 0 Å². The molecule has 1 fully saturated rings. The molecule has 0 bridgehead atoms. The zero-order valence-corrected chi connectivity index (χ0v) is 15.8. The second-order valence-electron chi connectivity index (χ2n) is 6.55. The van der Waals surface area contributed by atoms with Gasteiger partial charge in [0.25, 0.3) is 0 Å². The van der Waals surface area contributed by atoms with E-state index in [4.69, 9.17) is 9.47 Å². The number of hydrogen-bond donors (Lipinski definition) is 2. The molecule has 1 aliphatic rings. The van der Waals surface area contributed by atoms with Crippen LogP contribution in [-0.4, -0.2) is 56.7 Å². The van der Waals surface area contributed by atoms with Crippen LogP contribution in [0.2, 0.25) is 0 Å². The van der Waals surface area contributed by atoms with E-state index in [0.29, 0.717) is 29.6 Å². The maximum Gasteiger partial charge on any atom is 0.226 e. The Hall–Kier alpha value is -1.79. The summed E-state index contributed by atoms with van der Waals surface area (Å²) in [5, 5.41) is 6.42. The minimum absolute atomic E-state index is 0.0257. The number of ether oxygens (including phenoxy) is 2. The van der Waals surface area contributed by atoms with Gasteiger partial charge in [0.1, 0.15) is 11.5 Å². The normalized spacial score (nSPS) is 18.8. The zero-order chi connectivity index (χ0) is 18.2.